The Labute approximate surface area is 190 Å². The number of carbonyl (C=O) groups is 1. The lowest BCUT2D eigenvalue weighted by Crippen LogP contribution is -2.36. The van der Waals surface area contributed by atoms with Crippen LogP contribution in [0.1, 0.15) is 56.9 Å². The normalized spacial score (nSPS) is 18.1. The summed E-state index contributed by atoms with van der Waals surface area (Å²) in [5.41, 5.74) is 4.51. The number of hydrogen-bond donors (Lipinski definition) is 1. The van der Waals surface area contributed by atoms with Gasteiger partial charge in [-0.1, -0.05) is 29.8 Å². The van der Waals surface area contributed by atoms with Crippen LogP contribution in [0.2, 0.25) is 0 Å². The van der Waals surface area contributed by atoms with E-state index < -0.39 is 24.2 Å². The van der Waals surface area contributed by atoms with E-state index in [1.165, 1.54) is 11.1 Å². The topological polar surface area (TPSA) is 68.0 Å². The molecule has 0 aliphatic carbocycles. The van der Waals surface area contributed by atoms with E-state index in [2.05, 4.69) is 15.5 Å². The number of fused-ring (bicyclic) bond motifs is 1. The zero-order valence-electron chi connectivity index (χ0n) is 19.2. The van der Waals surface area contributed by atoms with Crippen LogP contribution in [0, 0.1) is 20.8 Å². The average Bonchev–Trinajstić information content (AvgIpc) is 3.28. The second kappa shape index (κ2) is 8.24. The third-order valence-electron chi connectivity index (χ3n) is 6.35. The number of benzene rings is 1. The average molecular weight is 461 g/mol. The number of halogens is 3. The molecule has 10 heteroatoms. The third-order valence-corrected chi connectivity index (χ3v) is 6.35. The van der Waals surface area contributed by atoms with Gasteiger partial charge in [0.1, 0.15) is 11.4 Å². The van der Waals surface area contributed by atoms with Crippen LogP contribution in [0.3, 0.4) is 0 Å². The highest BCUT2D eigenvalue weighted by molar-refractivity contribution is 5.98. The van der Waals surface area contributed by atoms with Gasteiger partial charge in [-0.3, -0.25) is 9.48 Å². The maximum absolute atomic E-state index is 13.9. The predicted molar refractivity (Wildman–Crippen MR) is 118 cm³/mol. The maximum Gasteiger partial charge on any atom is 0.410 e. The first-order valence-electron chi connectivity index (χ1n) is 10.7. The fraction of sp³-hybridized carbons (Fsp3) is 0.435. The number of nitrogens with one attached hydrogen (secondary N) is 1. The van der Waals surface area contributed by atoms with E-state index in [4.69, 9.17) is 0 Å². The zero-order valence-corrected chi connectivity index (χ0v) is 19.2. The Bertz CT molecular complexity index is 1180. The number of nitrogens with zero attached hydrogens (tertiary/aromatic N) is 5. The smallest absolute Gasteiger partial charge is 0.363 e. The summed E-state index contributed by atoms with van der Waals surface area (Å²) in [5.74, 6) is -0.317. The van der Waals surface area contributed by atoms with Crippen molar-refractivity contribution >= 4 is 11.7 Å². The first-order chi connectivity index (χ1) is 15.5. The molecule has 3 heterocycles. The largest absolute Gasteiger partial charge is 0.410 e. The van der Waals surface area contributed by atoms with Crippen LogP contribution < -0.4 is 5.32 Å². The Kier molecular flexibility index (Phi) is 5.71. The molecule has 4 rings (SSSR count). The number of carbonyl (C=O) groups excluding carboxylic acids is 1. The molecule has 7 nitrogen and oxygen atoms in total. The molecule has 0 saturated heterocycles. The SMILES string of the molecule is Cc1ccc([C@H]2C[C@@H](C(F)(F)F)n3ncc(C(=O)N(C)Cc4c(C)nn(C)c4C)c3N2)cc1. The summed E-state index contributed by atoms with van der Waals surface area (Å²) in [5, 5.41) is 11.5. The molecule has 0 saturated carbocycles. The minimum absolute atomic E-state index is 0.0885. The molecule has 176 valence electrons. The molecule has 3 aromatic rings. The predicted octanol–water partition coefficient (Wildman–Crippen LogP) is 4.47. The lowest BCUT2D eigenvalue weighted by molar-refractivity contribution is -0.173. The van der Waals surface area contributed by atoms with Gasteiger partial charge in [-0.05, 0) is 26.3 Å². The molecule has 1 aromatic carbocycles. The van der Waals surface area contributed by atoms with E-state index in [0.29, 0.717) is 6.54 Å². The number of alkyl halides is 3. The lowest BCUT2D eigenvalue weighted by Gasteiger charge is -2.34. The summed E-state index contributed by atoms with van der Waals surface area (Å²) in [4.78, 5) is 14.8. The molecule has 1 amide bonds. The van der Waals surface area contributed by atoms with Gasteiger partial charge in [0.2, 0.25) is 0 Å². The van der Waals surface area contributed by atoms with Crippen LogP contribution in [-0.4, -0.2) is 43.6 Å². The number of aromatic nitrogens is 4. The Morgan fingerprint density at radius 3 is 2.45 bits per heavy atom. The molecule has 1 N–H and O–H groups in total. The fourth-order valence-corrected chi connectivity index (χ4v) is 4.30. The highest BCUT2D eigenvalue weighted by Crippen LogP contribution is 2.44. The molecule has 0 unspecified atom stereocenters. The lowest BCUT2D eigenvalue weighted by atomic mass is 9.96. The van der Waals surface area contributed by atoms with Gasteiger partial charge >= 0.3 is 6.18 Å². The molecule has 0 bridgehead atoms. The first kappa shape index (κ1) is 22.9. The van der Waals surface area contributed by atoms with E-state index in [0.717, 1.165) is 32.8 Å². The summed E-state index contributed by atoms with van der Waals surface area (Å²) in [6.45, 7) is 5.99. The standard InChI is InChI=1S/C23H27F3N6O/c1-13-6-8-16(9-7-13)19-10-20(23(24,25)26)32-21(28-19)17(11-27-32)22(33)30(4)12-18-14(2)29-31(5)15(18)3/h6-9,11,19-20,28H,10,12H2,1-5H3/t19-,20+/m1/s1. The maximum atomic E-state index is 13.9. The quantitative estimate of drug-likeness (QED) is 0.624. The molecule has 1 aliphatic heterocycles. The molecule has 0 radical (unpaired) electrons. The fourth-order valence-electron chi connectivity index (χ4n) is 4.30. The van der Waals surface area contributed by atoms with Crippen molar-refractivity contribution in [3.05, 3.63) is 64.1 Å². The van der Waals surface area contributed by atoms with Crippen molar-refractivity contribution in [1.29, 1.82) is 0 Å². The molecular weight excluding hydrogens is 433 g/mol. The summed E-state index contributed by atoms with van der Waals surface area (Å²) >= 11 is 0. The Hall–Kier alpha value is -3.30. The van der Waals surface area contributed by atoms with Crippen LogP contribution in [0.25, 0.3) is 0 Å². The van der Waals surface area contributed by atoms with E-state index >= 15 is 0 Å². The highest BCUT2D eigenvalue weighted by atomic mass is 19.4. The van der Waals surface area contributed by atoms with Crippen molar-refractivity contribution in [2.75, 3.05) is 12.4 Å². The summed E-state index contributed by atoms with van der Waals surface area (Å²) in [6.07, 6.45) is -3.48. The van der Waals surface area contributed by atoms with E-state index in [1.54, 1.807) is 11.7 Å². The summed E-state index contributed by atoms with van der Waals surface area (Å²) in [7, 11) is 3.45. The zero-order chi connectivity index (χ0) is 24.1. The molecule has 0 spiro atoms. The van der Waals surface area contributed by atoms with Crippen LogP contribution in [0.4, 0.5) is 19.0 Å². The van der Waals surface area contributed by atoms with Crippen LogP contribution in [0.5, 0.6) is 0 Å². The van der Waals surface area contributed by atoms with Crippen molar-refractivity contribution in [2.45, 2.75) is 52.0 Å². The van der Waals surface area contributed by atoms with Gasteiger partial charge in [-0.25, -0.2) is 4.68 Å². The minimum atomic E-state index is -4.50. The number of aryl methyl sites for hydroxylation is 3. The van der Waals surface area contributed by atoms with Crippen molar-refractivity contribution < 1.29 is 18.0 Å². The van der Waals surface area contributed by atoms with Crippen molar-refractivity contribution in [1.82, 2.24) is 24.5 Å². The van der Waals surface area contributed by atoms with Gasteiger partial charge in [-0.15, -0.1) is 0 Å². The van der Waals surface area contributed by atoms with E-state index in [-0.39, 0.29) is 17.8 Å². The van der Waals surface area contributed by atoms with Crippen LogP contribution >= 0.6 is 0 Å². The van der Waals surface area contributed by atoms with E-state index in [1.807, 2.05) is 52.1 Å². The number of anilines is 1. The van der Waals surface area contributed by atoms with Gasteiger partial charge in [0.05, 0.1) is 17.9 Å². The molecular formula is C23H27F3N6O. The second-order valence-corrected chi connectivity index (χ2v) is 8.69. The number of rotatable bonds is 4. The Balaban J connectivity index is 1.67. The molecule has 2 atom stereocenters. The third kappa shape index (κ3) is 4.21. The van der Waals surface area contributed by atoms with Crippen molar-refractivity contribution in [3.8, 4) is 0 Å². The molecule has 1 aliphatic rings. The molecule has 0 fully saturated rings. The summed E-state index contributed by atoms with van der Waals surface area (Å²) < 4.78 is 44.4. The Morgan fingerprint density at radius 1 is 1.21 bits per heavy atom. The van der Waals surface area contributed by atoms with Crippen molar-refractivity contribution in [2.24, 2.45) is 7.05 Å². The Morgan fingerprint density at radius 2 is 1.88 bits per heavy atom. The summed E-state index contributed by atoms with van der Waals surface area (Å²) in [6, 6.07) is 4.94. The molecule has 2 aromatic heterocycles. The number of amides is 1. The van der Waals surface area contributed by atoms with Gasteiger partial charge in [0.25, 0.3) is 5.91 Å². The van der Waals surface area contributed by atoms with Gasteiger partial charge < -0.3 is 10.2 Å². The monoisotopic (exact) mass is 460 g/mol. The van der Waals surface area contributed by atoms with Gasteiger partial charge in [0.15, 0.2) is 6.04 Å². The van der Waals surface area contributed by atoms with Gasteiger partial charge in [0, 0.05) is 38.3 Å². The highest BCUT2D eigenvalue weighted by Gasteiger charge is 2.47. The van der Waals surface area contributed by atoms with E-state index in [9.17, 15) is 18.0 Å². The van der Waals surface area contributed by atoms with Crippen LogP contribution in [-0.2, 0) is 13.6 Å². The van der Waals surface area contributed by atoms with Crippen LogP contribution in [0.15, 0.2) is 30.5 Å². The minimum Gasteiger partial charge on any atom is -0.363 e. The second-order valence-electron chi connectivity index (χ2n) is 8.69. The van der Waals surface area contributed by atoms with Gasteiger partial charge in [-0.2, -0.15) is 23.4 Å². The van der Waals surface area contributed by atoms with Crippen molar-refractivity contribution in [3.63, 3.8) is 0 Å². The number of hydrogen-bond acceptors (Lipinski definition) is 4. The first-order valence-corrected chi connectivity index (χ1v) is 10.7. The molecule has 33 heavy (non-hydrogen) atoms.